The Morgan fingerprint density at radius 1 is 1.09 bits per heavy atom. The zero-order valence-corrected chi connectivity index (χ0v) is 12.6. The molecule has 0 fully saturated rings. The van der Waals surface area contributed by atoms with Crippen LogP contribution in [0.25, 0.3) is 0 Å². The number of rotatable bonds is 5. The summed E-state index contributed by atoms with van der Waals surface area (Å²) in [6, 6.07) is 2.98. The average Bonchev–Trinajstić information content (AvgIpc) is 2.99. The normalized spacial score (nSPS) is 15.4. The first kappa shape index (κ1) is 17.7. The fourth-order valence-electron chi connectivity index (χ4n) is 2.00. The average molecular weight is 353 g/mol. The lowest BCUT2D eigenvalue weighted by Crippen LogP contribution is -2.46. The summed E-state index contributed by atoms with van der Waals surface area (Å²) in [5, 5.41) is 10.5. The molecule has 0 saturated carbocycles. The molecule has 1 N–H and O–H groups in total. The van der Waals surface area contributed by atoms with Crippen LogP contribution in [0.15, 0.2) is 36.9 Å². The van der Waals surface area contributed by atoms with Crippen molar-refractivity contribution in [2.75, 3.05) is 6.26 Å². The molecule has 4 nitrogen and oxygen atoms in total. The number of alkyl halides is 5. The van der Waals surface area contributed by atoms with Crippen LogP contribution in [-0.4, -0.2) is 31.4 Å². The highest BCUT2D eigenvalue weighted by Gasteiger charge is 2.54. The smallest absolute Gasteiger partial charge is 0.376 e. The Balaban J connectivity index is 2.45. The van der Waals surface area contributed by atoms with Crippen molar-refractivity contribution in [2.45, 2.75) is 23.6 Å². The van der Waals surface area contributed by atoms with Crippen LogP contribution < -0.4 is 0 Å². The quantitative estimate of drug-likeness (QED) is 0.839. The van der Waals surface area contributed by atoms with E-state index in [9.17, 15) is 27.1 Å². The van der Waals surface area contributed by atoms with Crippen molar-refractivity contribution in [2.24, 2.45) is 0 Å². The van der Waals surface area contributed by atoms with Crippen LogP contribution >= 0.6 is 11.8 Å². The van der Waals surface area contributed by atoms with E-state index in [1.54, 1.807) is 0 Å². The maximum atomic E-state index is 14.2. The van der Waals surface area contributed by atoms with Gasteiger partial charge in [0.15, 0.2) is 5.60 Å². The maximum Gasteiger partial charge on any atom is 0.416 e. The summed E-state index contributed by atoms with van der Waals surface area (Å²) in [4.78, 5) is 3.59. The van der Waals surface area contributed by atoms with E-state index in [-0.39, 0.29) is 17.3 Å². The number of nitrogens with zero attached hydrogens (tertiary/aromatic N) is 3. The minimum atomic E-state index is -4.59. The predicted octanol–water partition coefficient (Wildman–Crippen LogP) is 3.14. The van der Waals surface area contributed by atoms with Gasteiger partial charge in [0.2, 0.25) is 0 Å². The monoisotopic (exact) mass is 353 g/mol. The zero-order valence-electron chi connectivity index (χ0n) is 11.8. The molecule has 1 aromatic carbocycles. The van der Waals surface area contributed by atoms with Crippen LogP contribution in [0.2, 0.25) is 0 Å². The van der Waals surface area contributed by atoms with Gasteiger partial charge < -0.3 is 5.11 Å². The molecule has 1 aromatic heterocycles. The van der Waals surface area contributed by atoms with Crippen LogP contribution in [0.5, 0.6) is 0 Å². The molecule has 1 unspecified atom stereocenters. The third-order valence-corrected chi connectivity index (χ3v) is 4.14. The van der Waals surface area contributed by atoms with Crippen LogP contribution in [0.3, 0.4) is 0 Å². The van der Waals surface area contributed by atoms with Gasteiger partial charge in [0, 0.05) is 0 Å². The van der Waals surface area contributed by atoms with Gasteiger partial charge >= 0.3 is 11.4 Å². The molecule has 0 bridgehead atoms. The number of hydrogen-bond donors (Lipinski definition) is 1. The Bertz CT molecular complexity index is 645. The van der Waals surface area contributed by atoms with Gasteiger partial charge in [0.05, 0.1) is 12.1 Å². The molecular weight excluding hydrogens is 341 g/mol. The lowest BCUT2D eigenvalue weighted by atomic mass is 9.93. The van der Waals surface area contributed by atoms with Crippen molar-refractivity contribution < 1.29 is 27.1 Å². The van der Waals surface area contributed by atoms with Gasteiger partial charge in [-0.3, -0.25) is 0 Å². The van der Waals surface area contributed by atoms with Gasteiger partial charge in [-0.1, -0.05) is 23.9 Å². The molecule has 0 aliphatic carbocycles. The van der Waals surface area contributed by atoms with Gasteiger partial charge in [0.25, 0.3) is 0 Å². The Labute approximate surface area is 132 Å². The summed E-state index contributed by atoms with van der Waals surface area (Å²) < 4.78 is 67.2. The first-order chi connectivity index (χ1) is 10.6. The molecular formula is C13H12F5N3OS. The summed E-state index contributed by atoms with van der Waals surface area (Å²) in [6.45, 7) is -0.661. The predicted molar refractivity (Wildman–Crippen MR) is 73.8 cm³/mol. The topological polar surface area (TPSA) is 50.9 Å². The van der Waals surface area contributed by atoms with Crippen LogP contribution in [-0.2, 0) is 18.3 Å². The van der Waals surface area contributed by atoms with Crippen LogP contribution in [0.4, 0.5) is 22.0 Å². The van der Waals surface area contributed by atoms with Gasteiger partial charge in [0.1, 0.15) is 12.7 Å². The number of hydrogen-bond acceptors (Lipinski definition) is 4. The van der Waals surface area contributed by atoms with E-state index in [2.05, 4.69) is 10.1 Å². The van der Waals surface area contributed by atoms with E-state index in [0.29, 0.717) is 12.1 Å². The third-order valence-electron chi connectivity index (χ3n) is 3.29. The Morgan fingerprint density at radius 3 is 2.09 bits per heavy atom. The molecule has 23 heavy (non-hydrogen) atoms. The highest BCUT2D eigenvalue weighted by atomic mass is 32.2. The molecule has 2 rings (SSSR count). The third kappa shape index (κ3) is 3.47. The summed E-state index contributed by atoms with van der Waals surface area (Å²) in [5.74, 6) is 0. The van der Waals surface area contributed by atoms with Gasteiger partial charge in [-0.25, -0.2) is 9.67 Å². The highest BCUT2D eigenvalue weighted by Crippen LogP contribution is 2.46. The lowest BCUT2D eigenvalue weighted by Gasteiger charge is -2.35. The number of aliphatic hydroxyl groups is 1. The second kappa shape index (κ2) is 6.08. The van der Waals surface area contributed by atoms with Crippen molar-refractivity contribution in [3.63, 3.8) is 0 Å². The number of halogens is 5. The molecule has 0 aliphatic heterocycles. The number of benzene rings is 1. The molecule has 0 amide bonds. The van der Waals surface area contributed by atoms with Crippen molar-refractivity contribution in [1.29, 1.82) is 0 Å². The van der Waals surface area contributed by atoms with Crippen molar-refractivity contribution in [3.8, 4) is 0 Å². The minimum absolute atomic E-state index is 0.0934. The first-order valence-electron chi connectivity index (χ1n) is 6.25. The summed E-state index contributed by atoms with van der Waals surface area (Å²) in [7, 11) is 0. The molecule has 1 atom stereocenters. The standard InChI is InChI=1S/C13H12F5N3OS/c1-23-13(17,18)11(22,6-21-8-19-7-20-21)9-2-4-10(5-3-9)12(14,15)16/h2-5,7-8,22H,6H2,1H3. The Kier molecular flexibility index (Phi) is 4.67. The number of aromatic nitrogens is 3. The molecule has 0 radical (unpaired) electrons. The molecule has 1 heterocycles. The Morgan fingerprint density at radius 2 is 1.65 bits per heavy atom. The fourth-order valence-corrected chi connectivity index (χ4v) is 2.52. The van der Waals surface area contributed by atoms with E-state index in [1.807, 2.05) is 0 Å². The first-order valence-corrected chi connectivity index (χ1v) is 7.48. The van der Waals surface area contributed by atoms with E-state index in [4.69, 9.17) is 0 Å². The minimum Gasteiger partial charge on any atom is -0.376 e. The molecule has 126 valence electrons. The second-order valence-electron chi connectivity index (χ2n) is 4.75. The lowest BCUT2D eigenvalue weighted by molar-refractivity contribution is -0.140. The fraction of sp³-hybridized carbons (Fsp3) is 0.385. The summed E-state index contributed by atoms with van der Waals surface area (Å²) in [6.07, 6.45) is -1.27. The van der Waals surface area contributed by atoms with E-state index < -0.39 is 29.1 Å². The van der Waals surface area contributed by atoms with Gasteiger partial charge in [-0.15, -0.1) is 0 Å². The molecule has 10 heteroatoms. The molecule has 0 saturated heterocycles. The SMILES string of the molecule is CSC(F)(F)C(O)(Cn1cncn1)c1ccc(C(F)(F)F)cc1. The van der Waals surface area contributed by atoms with E-state index in [0.717, 1.165) is 35.7 Å². The van der Waals surface area contributed by atoms with Crippen LogP contribution in [0.1, 0.15) is 11.1 Å². The van der Waals surface area contributed by atoms with E-state index in [1.165, 1.54) is 0 Å². The van der Waals surface area contributed by atoms with E-state index >= 15 is 0 Å². The van der Waals surface area contributed by atoms with Crippen molar-refractivity contribution in [1.82, 2.24) is 14.8 Å². The molecule has 0 aliphatic rings. The van der Waals surface area contributed by atoms with Crippen LogP contribution in [0, 0.1) is 0 Å². The van der Waals surface area contributed by atoms with Crippen molar-refractivity contribution in [3.05, 3.63) is 48.0 Å². The maximum absolute atomic E-state index is 14.2. The zero-order chi connectivity index (χ0) is 17.3. The largest absolute Gasteiger partial charge is 0.416 e. The molecule has 0 spiro atoms. The summed E-state index contributed by atoms with van der Waals surface area (Å²) >= 11 is 0.0934. The van der Waals surface area contributed by atoms with Gasteiger partial charge in [-0.05, 0) is 24.0 Å². The summed E-state index contributed by atoms with van der Waals surface area (Å²) in [5.41, 5.74) is -4.08. The van der Waals surface area contributed by atoms with Crippen molar-refractivity contribution >= 4 is 11.8 Å². The highest BCUT2D eigenvalue weighted by molar-refractivity contribution is 7.99. The van der Waals surface area contributed by atoms with Gasteiger partial charge in [-0.2, -0.15) is 27.1 Å². The second-order valence-corrected chi connectivity index (χ2v) is 5.67. The Hall–Kier alpha value is -1.68. The number of thioether (sulfide) groups is 1. The molecule has 2 aromatic rings.